The number of fused-ring (bicyclic) bond motifs is 4. The number of ether oxygens (including phenoxy) is 1. The van der Waals surface area contributed by atoms with Crippen molar-refractivity contribution in [2.24, 2.45) is 0 Å². The van der Waals surface area contributed by atoms with Gasteiger partial charge in [-0.05, 0) is 36.6 Å². The molecule has 0 saturated heterocycles. The zero-order valence-electron chi connectivity index (χ0n) is 10.9. The van der Waals surface area contributed by atoms with Crippen molar-refractivity contribution in [2.45, 2.75) is 13.8 Å². The van der Waals surface area contributed by atoms with Crippen molar-refractivity contribution in [3.05, 3.63) is 54.1 Å². The van der Waals surface area contributed by atoms with E-state index >= 15 is 0 Å². The highest BCUT2D eigenvalue weighted by atomic mass is 16.5. The third-order valence-electron chi connectivity index (χ3n) is 3.47. The smallest absolute Gasteiger partial charge is 0.338 e. The van der Waals surface area contributed by atoms with Gasteiger partial charge in [0.1, 0.15) is 5.75 Å². The quantitative estimate of drug-likeness (QED) is 0.387. The number of esters is 1. The summed E-state index contributed by atoms with van der Waals surface area (Å²) in [5.74, 6) is 0.350. The van der Waals surface area contributed by atoms with Crippen LogP contribution in [0.4, 0.5) is 0 Å². The normalized spacial score (nSPS) is 12.2. The van der Waals surface area contributed by atoms with E-state index in [0.717, 1.165) is 16.7 Å². The van der Waals surface area contributed by atoms with Gasteiger partial charge in [-0.2, -0.15) is 0 Å². The molecule has 94 valence electrons. The molecule has 0 bridgehead atoms. The van der Waals surface area contributed by atoms with Gasteiger partial charge in [-0.3, -0.25) is 0 Å². The summed E-state index contributed by atoms with van der Waals surface area (Å²) in [6, 6.07) is 14.0. The van der Waals surface area contributed by atoms with Gasteiger partial charge < -0.3 is 4.74 Å². The molecular formula is C17H14O2. The zero-order valence-corrected chi connectivity index (χ0v) is 10.9. The maximum absolute atomic E-state index is 11.9. The van der Waals surface area contributed by atoms with Crippen LogP contribution in [-0.2, 0) is 4.79 Å². The Balaban J connectivity index is 1.99. The fourth-order valence-electron chi connectivity index (χ4n) is 2.29. The molecule has 0 fully saturated rings. The SMILES string of the molecule is CC=C(C)C(=O)Oc1cccc2c1-c1ccccc1-2. The molecule has 0 amide bonds. The van der Waals surface area contributed by atoms with E-state index in [9.17, 15) is 4.79 Å². The second-order valence-electron chi connectivity index (χ2n) is 4.59. The van der Waals surface area contributed by atoms with Crippen molar-refractivity contribution < 1.29 is 9.53 Å². The van der Waals surface area contributed by atoms with Crippen molar-refractivity contribution in [2.75, 3.05) is 0 Å². The van der Waals surface area contributed by atoms with Gasteiger partial charge in [-0.15, -0.1) is 0 Å². The number of carbonyl (C=O) groups excluding carboxylic acids is 1. The predicted molar refractivity (Wildman–Crippen MR) is 75.9 cm³/mol. The van der Waals surface area contributed by atoms with Gasteiger partial charge in [0.2, 0.25) is 0 Å². The molecule has 1 aliphatic rings. The summed E-state index contributed by atoms with van der Waals surface area (Å²) in [7, 11) is 0. The maximum Gasteiger partial charge on any atom is 0.338 e. The molecule has 0 aromatic heterocycles. The van der Waals surface area contributed by atoms with Crippen LogP contribution in [0.3, 0.4) is 0 Å². The van der Waals surface area contributed by atoms with E-state index in [2.05, 4.69) is 18.2 Å². The average molecular weight is 250 g/mol. The Labute approximate surface area is 112 Å². The molecule has 0 spiro atoms. The summed E-state index contributed by atoms with van der Waals surface area (Å²) in [6.45, 7) is 3.58. The molecule has 2 heteroatoms. The predicted octanol–water partition coefficient (Wildman–Crippen LogP) is 4.21. The molecule has 2 nitrogen and oxygen atoms in total. The van der Waals surface area contributed by atoms with Crippen LogP contribution < -0.4 is 4.74 Å². The van der Waals surface area contributed by atoms with Crippen molar-refractivity contribution in [3.63, 3.8) is 0 Å². The molecule has 2 aromatic rings. The lowest BCUT2D eigenvalue weighted by atomic mass is 9.80. The van der Waals surface area contributed by atoms with E-state index in [1.54, 1.807) is 13.0 Å². The minimum absolute atomic E-state index is 0.291. The van der Waals surface area contributed by atoms with Crippen LogP contribution in [0.15, 0.2) is 54.1 Å². The summed E-state index contributed by atoms with van der Waals surface area (Å²) in [5, 5.41) is 0. The molecule has 0 N–H and O–H groups in total. The van der Waals surface area contributed by atoms with Gasteiger partial charge in [-0.1, -0.05) is 42.5 Å². The number of hydrogen-bond donors (Lipinski definition) is 0. The summed E-state index contributed by atoms with van der Waals surface area (Å²) < 4.78 is 5.48. The standard InChI is InChI=1S/C17H14O2/c1-3-11(2)17(18)19-15-10-6-9-14-12-7-4-5-8-13(12)16(14)15/h3-10H,1-2H3. The van der Waals surface area contributed by atoms with Gasteiger partial charge >= 0.3 is 5.97 Å². The van der Waals surface area contributed by atoms with Gasteiger partial charge in [0.25, 0.3) is 0 Å². The van der Waals surface area contributed by atoms with Crippen molar-refractivity contribution in [3.8, 4) is 28.0 Å². The Morgan fingerprint density at radius 1 is 1.00 bits per heavy atom. The van der Waals surface area contributed by atoms with Gasteiger partial charge in [0.15, 0.2) is 0 Å². The van der Waals surface area contributed by atoms with E-state index in [0.29, 0.717) is 11.3 Å². The number of hydrogen-bond acceptors (Lipinski definition) is 2. The van der Waals surface area contributed by atoms with E-state index in [4.69, 9.17) is 4.74 Å². The van der Waals surface area contributed by atoms with Crippen molar-refractivity contribution in [1.29, 1.82) is 0 Å². The Bertz CT molecular complexity index is 696. The van der Waals surface area contributed by atoms with Gasteiger partial charge in [0.05, 0.1) is 0 Å². The number of benzene rings is 2. The first-order valence-electron chi connectivity index (χ1n) is 6.30. The van der Waals surface area contributed by atoms with E-state index < -0.39 is 0 Å². The topological polar surface area (TPSA) is 26.3 Å². The highest BCUT2D eigenvalue weighted by molar-refractivity contribution is 6.06. The Hall–Kier alpha value is -2.35. The monoisotopic (exact) mass is 250 g/mol. The molecule has 0 atom stereocenters. The summed E-state index contributed by atoms with van der Waals surface area (Å²) in [4.78, 5) is 11.9. The third-order valence-corrected chi connectivity index (χ3v) is 3.47. The molecular weight excluding hydrogens is 236 g/mol. The molecule has 0 heterocycles. The largest absolute Gasteiger partial charge is 0.422 e. The van der Waals surface area contributed by atoms with E-state index in [1.807, 2.05) is 31.2 Å². The highest BCUT2D eigenvalue weighted by Crippen LogP contribution is 2.51. The molecule has 1 aliphatic carbocycles. The third kappa shape index (κ3) is 1.76. The highest BCUT2D eigenvalue weighted by Gasteiger charge is 2.26. The Kier molecular flexibility index (Phi) is 2.71. The Morgan fingerprint density at radius 2 is 1.68 bits per heavy atom. The number of carbonyl (C=O) groups is 1. The Morgan fingerprint density at radius 3 is 2.42 bits per heavy atom. The van der Waals surface area contributed by atoms with Crippen LogP contribution in [0.5, 0.6) is 5.75 Å². The zero-order chi connectivity index (χ0) is 13.4. The van der Waals surface area contributed by atoms with Crippen LogP contribution in [0.25, 0.3) is 22.3 Å². The summed E-state index contributed by atoms with van der Waals surface area (Å²) in [5.41, 5.74) is 5.18. The first-order valence-corrected chi connectivity index (χ1v) is 6.30. The van der Waals surface area contributed by atoms with Crippen LogP contribution >= 0.6 is 0 Å². The summed E-state index contributed by atoms with van der Waals surface area (Å²) >= 11 is 0. The first-order chi connectivity index (χ1) is 9.22. The molecule has 0 saturated carbocycles. The molecule has 0 unspecified atom stereocenters. The van der Waals surface area contributed by atoms with Crippen molar-refractivity contribution >= 4 is 5.97 Å². The fraction of sp³-hybridized carbons (Fsp3) is 0.118. The van der Waals surface area contributed by atoms with E-state index in [1.165, 1.54) is 5.56 Å². The lowest BCUT2D eigenvalue weighted by Crippen LogP contribution is -2.11. The fourth-order valence-corrected chi connectivity index (χ4v) is 2.29. The van der Waals surface area contributed by atoms with Crippen molar-refractivity contribution in [1.82, 2.24) is 0 Å². The second-order valence-corrected chi connectivity index (χ2v) is 4.59. The average Bonchev–Trinajstić information content (AvgIpc) is 2.43. The molecule has 2 aromatic carbocycles. The minimum Gasteiger partial charge on any atom is -0.422 e. The number of rotatable bonds is 2. The summed E-state index contributed by atoms with van der Waals surface area (Å²) in [6.07, 6.45) is 1.76. The van der Waals surface area contributed by atoms with E-state index in [-0.39, 0.29) is 5.97 Å². The molecule has 0 aliphatic heterocycles. The van der Waals surface area contributed by atoms with Gasteiger partial charge in [-0.25, -0.2) is 4.79 Å². The van der Waals surface area contributed by atoms with Gasteiger partial charge in [0, 0.05) is 11.1 Å². The molecule has 3 rings (SSSR count). The number of allylic oxidation sites excluding steroid dienone is 1. The lowest BCUT2D eigenvalue weighted by molar-refractivity contribution is -0.130. The minimum atomic E-state index is -0.291. The molecule has 19 heavy (non-hydrogen) atoms. The van der Waals surface area contributed by atoms with Crippen LogP contribution in [0.1, 0.15) is 13.8 Å². The van der Waals surface area contributed by atoms with Crippen LogP contribution in [0, 0.1) is 0 Å². The first kappa shape index (κ1) is 11.7. The van der Waals surface area contributed by atoms with Crippen LogP contribution in [0.2, 0.25) is 0 Å². The van der Waals surface area contributed by atoms with Crippen LogP contribution in [-0.4, -0.2) is 5.97 Å². The second kappa shape index (κ2) is 4.39. The molecule has 0 radical (unpaired) electrons. The lowest BCUT2D eigenvalue weighted by Gasteiger charge is -2.25. The maximum atomic E-state index is 11.9.